The summed E-state index contributed by atoms with van der Waals surface area (Å²) in [7, 11) is -2.58. The average molecular weight is 799 g/mol. The minimum atomic E-state index is -4.19. The topological polar surface area (TPSA) is 159 Å². The average Bonchev–Trinajstić information content (AvgIpc) is 3.57. The number of halogens is 4. The number of nitrogens with two attached hydrogens (primary N) is 1. The minimum Gasteiger partial charge on any atom is -0.487 e. The van der Waals surface area contributed by atoms with Crippen LogP contribution < -0.4 is 15.8 Å². The van der Waals surface area contributed by atoms with E-state index in [4.69, 9.17) is 39.1 Å². The van der Waals surface area contributed by atoms with E-state index < -0.39 is 16.1 Å². The van der Waals surface area contributed by atoms with E-state index in [9.17, 15) is 18.0 Å². The molecule has 16 heteroatoms. The summed E-state index contributed by atoms with van der Waals surface area (Å²) in [5.41, 5.74) is 9.29. The van der Waals surface area contributed by atoms with Gasteiger partial charge in [0.25, 0.3) is 5.91 Å². The van der Waals surface area contributed by atoms with Crippen molar-refractivity contribution >= 4 is 86.6 Å². The number of rotatable bonds is 12. The quantitative estimate of drug-likeness (QED) is 0.0863. The third kappa shape index (κ3) is 9.24. The van der Waals surface area contributed by atoms with Gasteiger partial charge in [-0.2, -0.15) is 4.31 Å². The zero-order valence-corrected chi connectivity index (χ0v) is 32.2. The molecule has 4 aromatic rings. The summed E-state index contributed by atoms with van der Waals surface area (Å²) in [6.07, 6.45) is 1.33. The molecule has 0 unspecified atom stereocenters. The van der Waals surface area contributed by atoms with Gasteiger partial charge in [-0.15, -0.1) is 24.8 Å². The van der Waals surface area contributed by atoms with Crippen LogP contribution >= 0.6 is 48.0 Å². The number of pyridine rings is 1. The Hall–Kier alpha value is -3.65. The number of sulfonamides is 1. The van der Waals surface area contributed by atoms with E-state index in [1.165, 1.54) is 21.3 Å². The number of para-hydroxylation sites is 1. The Morgan fingerprint density at radius 3 is 2.45 bits per heavy atom. The van der Waals surface area contributed by atoms with E-state index in [1.807, 2.05) is 32.0 Å². The van der Waals surface area contributed by atoms with Crippen LogP contribution in [0, 0.1) is 19.3 Å². The maximum absolute atomic E-state index is 14.0. The number of likely N-dealkylation sites (N-methyl/N-ethyl adjacent to an activating group) is 1. The van der Waals surface area contributed by atoms with Crippen molar-refractivity contribution in [2.24, 2.45) is 5.73 Å². The van der Waals surface area contributed by atoms with Crippen molar-refractivity contribution in [1.82, 2.24) is 19.5 Å². The van der Waals surface area contributed by atoms with Crippen molar-refractivity contribution in [2.75, 3.05) is 26.7 Å². The number of nitrogen functional groups attached to an aromatic ring is 1. The molecule has 51 heavy (non-hydrogen) atoms. The second-order valence-electron chi connectivity index (χ2n) is 12.0. The molecule has 11 nitrogen and oxygen atoms in total. The predicted molar refractivity (Wildman–Crippen MR) is 205 cm³/mol. The van der Waals surface area contributed by atoms with Crippen molar-refractivity contribution < 1.29 is 22.7 Å². The highest BCUT2D eigenvalue weighted by atomic mass is 35.5. The van der Waals surface area contributed by atoms with Gasteiger partial charge in [-0.3, -0.25) is 15.0 Å². The zero-order valence-electron chi connectivity index (χ0n) is 28.2. The zero-order chi connectivity index (χ0) is 35.5. The molecule has 1 aliphatic heterocycles. The number of amides is 2. The Morgan fingerprint density at radius 1 is 1.08 bits per heavy atom. The number of ether oxygens (including phenoxy) is 1. The van der Waals surface area contributed by atoms with Gasteiger partial charge in [-0.1, -0.05) is 47.5 Å². The molecule has 1 aliphatic rings. The third-order valence-corrected chi connectivity index (χ3v) is 11.4. The van der Waals surface area contributed by atoms with Crippen LogP contribution in [0.15, 0.2) is 65.6 Å². The summed E-state index contributed by atoms with van der Waals surface area (Å²) in [5.74, 6) is -0.198. The highest BCUT2D eigenvalue weighted by Crippen LogP contribution is 2.37. The number of fused-ring (bicyclic) bond motifs is 1. The number of amidine groups is 1. The van der Waals surface area contributed by atoms with Gasteiger partial charge in [0.1, 0.15) is 34.6 Å². The standard InChI is InChI=1S/C35H38Cl2N6O5S.2ClH/c1-21-19-22(2)41-32-25(21)7-4-9-29(32)48-20-26-27(36)14-15-30(31(26)37)49(46,47)43-18-5-8-28(43)35(45)42(3)17-6-16-40-34(44)24-12-10-23(11-13-24)33(38)39;;/h4,7,9-15,19,28H,5-6,8,16-18,20H2,1-3H3,(H3,38,39)(H,40,44);2*1H/t28-;;/m0../s1. The van der Waals surface area contributed by atoms with Gasteiger partial charge >= 0.3 is 0 Å². The molecule has 0 radical (unpaired) electrons. The fourth-order valence-corrected chi connectivity index (χ4v) is 8.43. The Morgan fingerprint density at radius 2 is 1.76 bits per heavy atom. The van der Waals surface area contributed by atoms with Gasteiger partial charge in [0.15, 0.2) is 0 Å². The maximum atomic E-state index is 14.0. The molecule has 1 saturated heterocycles. The van der Waals surface area contributed by atoms with Gasteiger partial charge in [-0.25, -0.2) is 13.4 Å². The van der Waals surface area contributed by atoms with Crippen LogP contribution in [-0.2, 0) is 21.4 Å². The van der Waals surface area contributed by atoms with Gasteiger partial charge in [0.2, 0.25) is 15.9 Å². The van der Waals surface area contributed by atoms with Crippen LogP contribution in [0.4, 0.5) is 0 Å². The number of benzene rings is 3. The second-order valence-corrected chi connectivity index (χ2v) is 14.6. The lowest BCUT2D eigenvalue weighted by Gasteiger charge is -2.28. The molecule has 0 bridgehead atoms. The lowest BCUT2D eigenvalue weighted by molar-refractivity contribution is -0.133. The lowest BCUT2D eigenvalue weighted by atomic mass is 10.1. The monoisotopic (exact) mass is 796 g/mol. The van der Waals surface area contributed by atoms with E-state index in [-0.39, 0.29) is 70.6 Å². The summed E-state index contributed by atoms with van der Waals surface area (Å²) in [6.45, 7) is 4.57. The van der Waals surface area contributed by atoms with Crippen LogP contribution in [-0.4, -0.2) is 73.0 Å². The number of hydrogen-bond acceptors (Lipinski definition) is 7. The van der Waals surface area contributed by atoms with Gasteiger partial charge in [0.05, 0.1) is 5.02 Å². The van der Waals surface area contributed by atoms with Gasteiger partial charge in [-0.05, 0) is 75.1 Å². The normalized spacial score (nSPS) is 14.3. The molecule has 2 heterocycles. The molecule has 0 spiro atoms. The molecular formula is C35H40Cl4N6O5S. The van der Waals surface area contributed by atoms with Gasteiger partial charge in [0, 0.05) is 59.5 Å². The molecule has 3 aromatic carbocycles. The molecule has 1 atom stereocenters. The molecule has 274 valence electrons. The van der Waals surface area contributed by atoms with E-state index in [0.29, 0.717) is 60.3 Å². The number of hydrogen-bond donors (Lipinski definition) is 3. The van der Waals surface area contributed by atoms with Crippen LogP contribution in [0.25, 0.3) is 10.9 Å². The van der Waals surface area contributed by atoms with Crippen LogP contribution in [0.5, 0.6) is 5.75 Å². The van der Waals surface area contributed by atoms with Crippen LogP contribution in [0.3, 0.4) is 0 Å². The molecular weight excluding hydrogens is 758 g/mol. The van der Waals surface area contributed by atoms with E-state index in [1.54, 1.807) is 37.4 Å². The third-order valence-electron chi connectivity index (χ3n) is 8.53. The smallest absolute Gasteiger partial charge is 0.251 e. The first-order chi connectivity index (χ1) is 23.3. The molecule has 2 amide bonds. The fourth-order valence-electron chi connectivity index (χ4n) is 5.92. The second kappa shape index (κ2) is 17.7. The molecule has 4 N–H and O–H groups in total. The van der Waals surface area contributed by atoms with Crippen molar-refractivity contribution in [3.63, 3.8) is 0 Å². The summed E-state index contributed by atoms with van der Waals surface area (Å²) < 4.78 is 35.4. The SMILES string of the molecule is Cc1cc(C)c2cccc(OCc3c(Cl)ccc(S(=O)(=O)N4CCC[C@H]4C(=O)N(C)CCCNC(=O)c4ccc(C(=N)N)cc4)c3Cl)c2n1.Cl.Cl. The van der Waals surface area contributed by atoms with Crippen LogP contribution in [0.2, 0.25) is 10.0 Å². The first-order valence-electron chi connectivity index (χ1n) is 15.8. The number of carbonyl (C=O) groups excluding carboxylic acids is 2. The molecule has 1 fully saturated rings. The lowest BCUT2D eigenvalue weighted by Crippen LogP contribution is -2.47. The van der Waals surface area contributed by atoms with E-state index in [0.717, 1.165) is 16.6 Å². The van der Waals surface area contributed by atoms with E-state index >= 15 is 0 Å². The molecule has 0 aliphatic carbocycles. The summed E-state index contributed by atoms with van der Waals surface area (Å²) in [6, 6.07) is 15.9. The highest BCUT2D eigenvalue weighted by molar-refractivity contribution is 7.89. The Balaban J connectivity index is 0.00000351. The van der Waals surface area contributed by atoms with Crippen molar-refractivity contribution in [1.29, 1.82) is 5.41 Å². The van der Waals surface area contributed by atoms with Crippen molar-refractivity contribution in [3.05, 3.63) is 98.7 Å². The fraction of sp³-hybridized carbons (Fsp3) is 0.314. The Kier molecular flexibility index (Phi) is 14.5. The van der Waals surface area contributed by atoms with Gasteiger partial charge < -0.3 is 20.7 Å². The summed E-state index contributed by atoms with van der Waals surface area (Å²) in [4.78, 5) is 32.0. The van der Waals surface area contributed by atoms with E-state index in [2.05, 4.69) is 10.3 Å². The number of nitrogens with zero attached hydrogens (tertiary/aromatic N) is 3. The number of aryl methyl sites for hydroxylation is 2. The van der Waals surface area contributed by atoms with Crippen molar-refractivity contribution in [3.8, 4) is 5.75 Å². The first-order valence-corrected chi connectivity index (χ1v) is 17.9. The first kappa shape index (κ1) is 41.8. The molecule has 1 aromatic heterocycles. The molecule has 0 saturated carbocycles. The molecule has 5 rings (SSSR count). The van der Waals surface area contributed by atoms with Crippen LogP contribution in [0.1, 0.15) is 52.0 Å². The maximum Gasteiger partial charge on any atom is 0.251 e. The highest BCUT2D eigenvalue weighted by Gasteiger charge is 2.41. The largest absolute Gasteiger partial charge is 0.487 e. The minimum absolute atomic E-state index is 0. The number of aromatic nitrogens is 1. The Bertz CT molecular complexity index is 2030. The summed E-state index contributed by atoms with van der Waals surface area (Å²) >= 11 is 13.3. The van der Waals surface area contributed by atoms with Crippen molar-refractivity contribution in [2.45, 2.75) is 50.7 Å². The number of nitrogens with one attached hydrogen (secondary N) is 2. The number of carbonyl (C=O) groups is 2. The summed E-state index contributed by atoms with van der Waals surface area (Å²) in [5, 5.41) is 11.4. The Labute approximate surface area is 320 Å². The predicted octanol–water partition coefficient (Wildman–Crippen LogP) is 6.30.